The Morgan fingerprint density at radius 1 is 0.700 bits per heavy atom. The van der Waals surface area contributed by atoms with E-state index in [0.717, 1.165) is 22.4 Å². The molecule has 3 rings (SSSR count). The molecule has 0 radical (unpaired) electrons. The first kappa shape index (κ1) is 12.4. The number of pyridine rings is 1. The predicted molar refractivity (Wildman–Crippen MR) is 82.6 cm³/mol. The first-order valence-electron chi connectivity index (χ1n) is 6.57. The fourth-order valence-electron chi connectivity index (χ4n) is 2.32. The normalized spacial score (nSPS) is 10.4. The van der Waals surface area contributed by atoms with Gasteiger partial charge in [0.15, 0.2) is 0 Å². The molecule has 0 fully saturated rings. The summed E-state index contributed by atoms with van der Waals surface area (Å²) in [4.78, 5) is 12.2. The van der Waals surface area contributed by atoms with Crippen molar-refractivity contribution in [3.8, 4) is 22.4 Å². The molecule has 0 aliphatic carbocycles. The molecule has 0 N–H and O–H groups in total. The summed E-state index contributed by atoms with van der Waals surface area (Å²) >= 11 is 0. The van der Waals surface area contributed by atoms with Crippen LogP contribution in [0, 0.1) is 0 Å². The van der Waals surface area contributed by atoms with Crippen LogP contribution < -0.4 is 5.56 Å². The van der Waals surface area contributed by atoms with E-state index < -0.39 is 0 Å². The smallest absolute Gasteiger partial charge is 0.251 e. The number of rotatable bonds is 2. The van der Waals surface area contributed by atoms with Crippen molar-refractivity contribution in [1.82, 2.24) is 4.57 Å². The molecule has 1 aromatic heterocycles. The first-order chi connectivity index (χ1) is 9.75. The molecule has 98 valence electrons. The van der Waals surface area contributed by atoms with Crippen LogP contribution in [0.5, 0.6) is 0 Å². The summed E-state index contributed by atoms with van der Waals surface area (Å²) in [6, 6.07) is 23.7. The van der Waals surface area contributed by atoms with Gasteiger partial charge in [-0.15, -0.1) is 0 Å². The second-order valence-corrected chi connectivity index (χ2v) is 4.76. The van der Waals surface area contributed by atoms with Crippen LogP contribution in [0.2, 0.25) is 0 Å². The van der Waals surface area contributed by atoms with Crippen LogP contribution in [-0.2, 0) is 7.05 Å². The quantitative estimate of drug-likeness (QED) is 0.689. The maximum Gasteiger partial charge on any atom is 0.251 e. The van der Waals surface area contributed by atoms with E-state index in [1.165, 1.54) is 0 Å². The molecule has 0 spiro atoms. The molecule has 0 atom stereocenters. The topological polar surface area (TPSA) is 22.0 Å². The fraction of sp³-hybridized carbons (Fsp3) is 0.0556. The van der Waals surface area contributed by atoms with Gasteiger partial charge in [0.25, 0.3) is 5.56 Å². The van der Waals surface area contributed by atoms with Gasteiger partial charge in [-0.1, -0.05) is 60.7 Å². The zero-order chi connectivity index (χ0) is 13.9. The van der Waals surface area contributed by atoms with Crippen molar-refractivity contribution in [3.63, 3.8) is 0 Å². The van der Waals surface area contributed by atoms with Gasteiger partial charge >= 0.3 is 0 Å². The molecule has 0 unspecified atom stereocenters. The predicted octanol–water partition coefficient (Wildman–Crippen LogP) is 3.72. The molecule has 0 aliphatic heterocycles. The highest BCUT2D eigenvalue weighted by molar-refractivity contribution is 5.70. The molecule has 0 bridgehead atoms. The summed E-state index contributed by atoms with van der Waals surface area (Å²) < 4.78 is 1.68. The van der Waals surface area contributed by atoms with Crippen LogP contribution in [0.4, 0.5) is 0 Å². The maximum atomic E-state index is 12.2. The Balaban J connectivity index is 2.22. The van der Waals surface area contributed by atoms with E-state index in [2.05, 4.69) is 6.07 Å². The summed E-state index contributed by atoms with van der Waals surface area (Å²) in [5.74, 6) is 0. The van der Waals surface area contributed by atoms with Gasteiger partial charge in [-0.25, -0.2) is 0 Å². The number of hydrogen-bond acceptors (Lipinski definition) is 1. The molecule has 1 heterocycles. The summed E-state index contributed by atoms with van der Waals surface area (Å²) in [5.41, 5.74) is 3.99. The average Bonchev–Trinajstić information content (AvgIpc) is 2.51. The molecule has 0 saturated carbocycles. The highest BCUT2D eigenvalue weighted by atomic mass is 16.1. The third-order valence-electron chi connectivity index (χ3n) is 3.44. The van der Waals surface area contributed by atoms with Gasteiger partial charge < -0.3 is 4.57 Å². The largest absolute Gasteiger partial charge is 0.311 e. The SMILES string of the molecule is Cn1c(-c2ccccc2)cc(-c2ccccc2)cc1=O. The van der Waals surface area contributed by atoms with Crippen LogP contribution in [0.25, 0.3) is 22.4 Å². The number of hydrogen-bond donors (Lipinski definition) is 0. The summed E-state index contributed by atoms with van der Waals surface area (Å²) in [7, 11) is 1.80. The Bertz CT molecular complexity index is 774. The van der Waals surface area contributed by atoms with Crippen LogP contribution in [-0.4, -0.2) is 4.57 Å². The van der Waals surface area contributed by atoms with Gasteiger partial charge in [-0.05, 0) is 22.8 Å². The monoisotopic (exact) mass is 261 g/mol. The molecule has 0 saturated heterocycles. The van der Waals surface area contributed by atoms with Crippen LogP contribution in [0.1, 0.15) is 0 Å². The Morgan fingerprint density at radius 2 is 1.25 bits per heavy atom. The minimum absolute atomic E-state index is 0.00482. The third-order valence-corrected chi connectivity index (χ3v) is 3.44. The molecule has 20 heavy (non-hydrogen) atoms. The number of aromatic nitrogens is 1. The highest BCUT2D eigenvalue weighted by Crippen LogP contribution is 2.24. The lowest BCUT2D eigenvalue weighted by Gasteiger charge is -2.11. The minimum Gasteiger partial charge on any atom is -0.311 e. The lowest BCUT2D eigenvalue weighted by atomic mass is 10.0. The van der Waals surface area contributed by atoms with Gasteiger partial charge in [0.1, 0.15) is 0 Å². The zero-order valence-electron chi connectivity index (χ0n) is 11.3. The maximum absolute atomic E-state index is 12.2. The van der Waals surface area contributed by atoms with Crippen LogP contribution >= 0.6 is 0 Å². The van der Waals surface area contributed by atoms with Gasteiger partial charge in [0.2, 0.25) is 0 Å². The van der Waals surface area contributed by atoms with Crippen molar-refractivity contribution in [2.24, 2.45) is 7.05 Å². The molecule has 2 nitrogen and oxygen atoms in total. The Labute approximate surface area is 118 Å². The Morgan fingerprint density at radius 3 is 1.85 bits per heavy atom. The summed E-state index contributed by atoms with van der Waals surface area (Å²) in [6.45, 7) is 0. The van der Waals surface area contributed by atoms with E-state index in [1.807, 2.05) is 60.7 Å². The van der Waals surface area contributed by atoms with E-state index in [-0.39, 0.29) is 5.56 Å². The van der Waals surface area contributed by atoms with E-state index in [4.69, 9.17) is 0 Å². The molecule has 2 aromatic carbocycles. The second kappa shape index (κ2) is 5.17. The van der Waals surface area contributed by atoms with Crippen LogP contribution in [0.15, 0.2) is 77.6 Å². The van der Waals surface area contributed by atoms with Gasteiger partial charge in [0.05, 0.1) is 5.69 Å². The van der Waals surface area contributed by atoms with Crippen molar-refractivity contribution < 1.29 is 0 Å². The minimum atomic E-state index is 0.00482. The Hall–Kier alpha value is -2.61. The van der Waals surface area contributed by atoms with E-state index in [1.54, 1.807) is 17.7 Å². The van der Waals surface area contributed by atoms with Gasteiger partial charge in [0, 0.05) is 13.1 Å². The number of nitrogens with zero attached hydrogens (tertiary/aromatic N) is 1. The first-order valence-corrected chi connectivity index (χ1v) is 6.57. The van der Waals surface area contributed by atoms with E-state index in [0.29, 0.717) is 0 Å². The second-order valence-electron chi connectivity index (χ2n) is 4.76. The lowest BCUT2D eigenvalue weighted by molar-refractivity contribution is 0.871. The average molecular weight is 261 g/mol. The molecule has 0 aliphatic rings. The lowest BCUT2D eigenvalue weighted by Crippen LogP contribution is -2.17. The fourth-order valence-corrected chi connectivity index (χ4v) is 2.32. The molecular weight excluding hydrogens is 246 g/mol. The highest BCUT2D eigenvalue weighted by Gasteiger charge is 2.07. The summed E-state index contributed by atoms with van der Waals surface area (Å²) in [6.07, 6.45) is 0. The van der Waals surface area contributed by atoms with Gasteiger partial charge in [-0.2, -0.15) is 0 Å². The van der Waals surface area contributed by atoms with Crippen molar-refractivity contribution in [1.29, 1.82) is 0 Å². The van der Waals surface area contributed by atoms with Crippen molar-refractivity contribution in [2.45, 2.75) is 0 Å². The summed E-state index contributed by atoms with van der Waals surface area (Å²) in [5, 5.41) is 0. The standard InChI is InChI=1S/C18H15NO/c1-19-17(15-10-6-3-7-11-15)12-16(13-18(19)20)14-8-4-2-5-9-14/h2-13H,1H3. The van der Waals surface area contributed by atoms with Crippen molar-refractivity contribution in [3.05, 3.63) is 83.2 Å². The molecule has 0 amide bonds. The van der Waals surface area contributed by atoms with Gasteiger partial charge in [-0.3, -0.25) is 4.79 Å². The van der Waals surface area contributed by atoms with Crippen molar-refractivity contribution >= 4 is 0 Å². The van der Waals surface area contributed by atoms with Crippen LogP contribution in [0.3, 0.4) is 0 Å². The number of benzene rings is 2. The third kappa shape index (κ3) is 2.28. The molecular formula is C18H15NO. The molecule has 3 aromatic rings. The van der Waals surface area contributed by atoms with Crippen molar-refractivity contribution in [2.75, 3.05) is 0 Å². The Kier molecular flexibility index (Phi) is 3.21. The zero-order valence-corrected chi connectivity index (χ0v) is 11.3. The van der Waals surface area contributed by atoms with E-state index in [9.17, 15) is 4.79 Å². The van der Waals surface area contributed by atoms with E-state index >= 15 is 0 Å². The molecule has 2 heteroatoms.